The van der Waals surface area contributed by atoms with Gasteiger partial charge in [-0.25, -0.2) is 8.78 Å². The molecule has 0 heterocycles. The van der Waals surface area contributed by atoms with Crippen molar-refractivity contribution in [1.82, 2.24) is 10.6 Å². The van der Waals surface area contributed by atoms with Crippen LogP contribution in [0.5, 0.6) is 0 Å². The second-order valence-electron chi connectivity index (χ2n) is 5.95. The lowest BCUT2D eigenvalue weighted by molar-refractivity contribution is -0.121. The van der Waals surface area contributed by atoms with Gasteiger partial charge in [0.25, 0.3) is 5.91 Å². The molecule has 6 heteroatoms. The lowest BCUT2D eigenvalue weighted by Crippen LogP contribution is -2.33. The largest absolute Gasteiger partial charge is 0.354 e. The highest BCUT2D eigenvalue weighted by Crippen LogP contribution is 2.09. The van der Waals surface area contributed by atoms with Crippen LogP contribution in [0.2, 0.25) is 0 Å². The average molecular weight is 340 g/mol. The molecule has 0 aliphatic carbocycles. The van der Waals surface area contributed by atoms with E-state index in [2.05, 4.69) is 17.6 Å². The van der Waals surface area contributed by atoms with Gasteiger partial charge in [-0.05, 0) is 31.9 Å². The molecule has 0 aromatic heterocycles. The molecule has 2 N–H and O–H groups in total. The number of hydrogen-bond donors (Lipinski definition) is 2. The number of unbranched alkanes of at least 4 members (excludes halogenated alkanes) is 2. The lowest BCUT2D eigenvalue weighted by atomic mass is 10.1. The summed E-state index contributed by atoms with van der Waals surface area (Å²) in [4.78, 5) is 23.5. The lowest BCUT2D eigenvalue weighted by Gasteiger charge is -2.13. The molecule has 24 heavy (non-hydrogen) atoms. The van der Waals surface area contributed by atoms with Gasteiger partial charge in [-0.3, -0.25) is 9.59 Å². The summed E-state index contributed by atoms with van der Waals surface area (Å²) in [5, 5.41) is 5.45. The molecule has 0 saturated heterocycles. The SMILES string of the molecule is CCCCCC(C)NC(=O)CCCNC(=O)c1ccc(F)cc1F. The van der Waals surface area contributed by atoms with E-state index in [1.165, 1.54) is 0 Å². The number of carbonyl (C=O) groups excluding carboxylic acids is 2. The minimum Gasteiger partial charge on any atom is -0.354 e. The molecule has 0 aliphatic rings. The van der Waals surface area contributed by atoms with Crippen molar-refractivity contribution in [3.63, 3.8) is 0 Å². The first-order chi connectivity index (χ1) is 11.4. The maximum atomic E-state index is 13.4. The van der Waals surface area contributed by atoms with Crippen LogP contribution in [0, 0.1) is 11.6 Å². The zero-order valence-corrected chi connectivity index (χ0v) is 14.3. The molecule has 0 spiro atoms. The van der Waals surface area contributed by atoms with E-state index in [1.807, 2.05) is 6.92 Å². The number of rotatable bonds is 10. The molecular weight excluding hydrogens is 314 g/mol. The maximum Gasteiger partial charge on any atom is 0.254 e. The molecule has 0 fully saturated rings. The summed E-state index contributed by atoms with van der Waals surface area (Å²) in [6, 6.07) is 2.95. The molecular formula is C18H26F2N2O2. The monoisotopic (exact) mass is 340 g/mol. The maximum absolute atomic E-state index is 13.4. The van der Waals surface area contributed by atoms with Gasteiger partial charge in [0.15, 0.2) is 0 Å². The highest BCUT2D eigenvalue weighted by atomic mass is 19.1. The molecule has 0 bridgehead atoms. The topological polar surface area (TPSA) is 58.2 Å². The van der Waals surface area contributed by atoms with E-state index in [-0.39, 0.29) is 24.1 Å². The minimum absolute atomic E-state index is 0.0544. The molecule has 0 radical (unpaired) electrons. The quantitative estimate of drug-likeness (QED) is 0.640. The van der Waals surface area contributed by atoms with Crippen molar-refractivity contribution < 1.29 is 18.4 Å². The second-order valence-corrected chi connectivity index (χ2v) is 5.95. The van der Waals surface area contributed by atoms with Crippen molar-refractivity contribution in [2.24, 2.45) is 0 Å². The van der Waals surface area contributed by atoms with Gasteiger partial charge in [0.1, 0.15) is 11.6 Å². The van der Waals surface area contributed by atoms with Crippen LogP contribution >= 0.6 is 0 Å². The van der Waals surface area contributed by atoms with Crippen molar-refractivity contribution in [1.29, 1.82) is 0 Å². The summed E-state index contributed by atoms with van der Waals surface area (Å²) in [6.07, 6.45) is 5.12. The predicted molar refractivity (Wildman–Crippen MR) is 89.7 cm³/mol. The van der Waals surface area contributed by atoms with Crippen LogP contribution in [0.25, 0.3) is 0 Å². The first-order valence-electron chi connectivity index (χ1n) is 8.46. The van der Waals surface area contributed by atoms with Crippen LogP contribution in [-0.2, 0) is 4.79 Å². The van der Waals surface area contributed by atoms with Gasteiger partial charge >= 0.3 is 0 Å². The molecule has 0 aliphatic heterocycles. The molecule has 1 aromatic carbocycles. The minimum atomic E-state index is -0.897. The van der Waals surface area contributed by atoms with Gasteiger partial charge in [0.2, 0.25) is 5.91 Å². The number of halogens is 2. The Morgan fingerprint density at radius 1 is 1.17 bits per heavy atom. The molecule has 134 valence electrons. The molecule has 1 atom stereocenters. The Morgan fingerprint density at radius 2 is 1.92 bits per heavy atom. The first kappa shape index (κ1) is 20.1. The van der Waals surface area contributed by atoms with Gasteiger partial charge in [-0.1, -0.05) is 26.2 Å². The van der Waals surface area contributed by atoms with E-state index in [1.54, 1.807) is 0 Å². The fraction of sp³-hybridized carbons (Fsp3) is 0.556. The van der Waals surface area contributed by atoms with Gasteiger partial charge in [0.05, 0.1) is 5.56 Å². The van der Waals surface area contributed by atoms with Crippen molar-refractivity contribution in [3.05, 3.63) is 35.4 Å². The number of carbonyl (C=O) groups is 2. The molecule has 4 nitrogen and oxygen atoms in total. The van der Waals surface area contributed by atoms with Crippen LogP contribution in [0.3, 0.4) is 0 Å². The Labute approximate surface area is 142 Å². The summed E-state index contributed by atoms with van der Waals surface area (Å²) in [5.41, 5.74) is -0.203. The van der Waals surface area contributed by atoms with E-state index < -0.39 is 17.5 Å². The Morgan fingerprint density at radius 3 is 2.58 bits per heavy atom. The van der Waals surface area contributed by atoms with Gasteiger partial charge in [0, 0.05) is 25.1 Å². The highest BCUT2D eigenvalue weighted by molar-refractivity contribution is 5.94. The summed E-state index contributed by atoms with van der Waals surface area (Å²) in [5.74, 6) is -2.29. The Balaban J connectivity index is 2.23. The fourth-order valence-electron chi connectivity index (χ4n) is 2.34. The van der Waals surface area contributed by atoms with Crippen LogP contribution in [0.4, 0.5) is 8.78 Å². The van der Waals surface area contributed by atoms with Crippen LogP contribution in [0.1, 0.15) is 62.7 Å². The summed E-state index contributed by atoms with van der Waals surface area (Å²) in [7, 11) is 0. The normalized spacial score (nSPS) is 11.8. The second kappa shape index (κ2) is 10.7. The average Bonchev–Trinajstić information content (AvgIpc) is 2.51. The van der Waals surface area contributed by atoms with Gasteiger partial charge < -0.3 is 10.6 Å². The fourth-order valence-corrected chi connectivity index (χ4v) is 2.34. The van der Waals surface area contributed by atoms with Crippen molar-refractivity contribution >= 4 is 11.8 Å². The third-order valence-corrected chi connectivity index (χ3v) is 3.69. The number of amides is 2. The third kappa shape index (κ3) is 7.53. The van der Waals surface area contributed by atoms with Crippen LogP contribution in [-0.4, -0.2) is 24.4 Å². The van der Waals surface area contributed by atoms with E-state index in [0.29, 0.717) is 18.9 Å². The van der Waals surface area contributed by atoms with E-state index in [9.17, 15) is 18.4 Å². The summed E-state index contributed by atoms with van der Waals surface area (Å²) in [6.45, 7) is 4.37. The third-order valence-electron chi connectivity index (χ3n) is 3.69. The molecule has 1 unspecified atom stereocenters. The Bertz CT molecular complexity index is 550. The van der Waals surface area contributed by atoms with Gasteiger partial charge in [-0.15, -0.1) is 0 Å². The molecule has 1 rings (SSSR count). The van der Waals surface area contributed by atoms with Crippen LogP contribution in [0.15, 0.2) is 18.2 Å². The van der Waals surface area contributed by atoms with Crippen molar-refractivity contribution in [2.45, 2.75) is 58.4 Å². The van der Waals surface area contributed by atoms with E-state index >= 15 is 0 Å². The van der Waals surface area contributed by atoms with Gasteiger partial charge in [-0.2, -0.15) is 0 Å². The smallest absolute Gasteiger partial charge is 0.254 e. The van der Waals surface area contributed by atoms with E-state index in [0.717, 1.165) is 37.8 Å². The zero-order valence-electron chi connectivity index (χ0n) is 14.3. The highest BCUT2D eigenvalue weighted by Gasteiger charge is 2.12. The van der Waals surface area contributed by atoms with E-state index in [4.69, 9.17) is 0 Å². The Kier molecular flexibility index (Phi) is 8.97. The predicted octanol–water partition coefficient (Wildman–Crippen LogP) is 3.56. The standard InChI is InChI=1S/C18H26F2N2O2/c1-3-4-5-7-13(2)22-17(23)8-6-11-21-18(24)15-10-9-14(19)12-16(15)20/h9-10,12-13H,3-8,11H2,1-2H3,(H,21,24)(H,22,23). The summed E-state index contributed by atoms with van der Waals surface area (Å²) < 4.78 is 26.2. The van der Waals surface area contributed by atoms with Crippen molar-refractivity contribution in [2.75, 3.05) is 6.54 Å². The number of benzene rings is 1. The molecule has 1 aromatic rings. The number of nitrogens with one attached hydrogen (secondary N) is 2. The zero-order chi connectivity index (χ0) is 17.9. The first-order valence-corrected chi connectivity index (χ1v) is 8.46. The van der Waals surface area contributed by atoms with Crippen molar-refractivity contribution in [3.8, 4) is 0 Å². The van der Waals surface area contributed by atoms with Crippen LogP contribution < -0.4 is 10.6 Å². The molecule has 2 amide bonds. The summed E-state index contributed by atoms with van der Waals surface area (Å²) >= 11 is 0. The molecule has 0 saturated carbocycles. The number of hydrogen-bond acceptors (Lipinski definition) is 2. The Hall–Kier alpha value is -1.98.